The van der Waals surface area contributed by atoms with Gasteiger partial charge in [-0.3, -0.25) is 4.79 Å². The van der Waals surface area contributed by atoms with Gasteiger partial charge >= 0.3 is 5.97 Å². The van der Waals surface area contributed by atoms with Crippen molar-refractivity contribution < 1.29 is 14.3 Å². The number of carboxylic acid groups (broad SMARTS) is 1. The zero-order valence-electron chi connectivity index (χ0n) is 13.7. The minimum absolute atomic E-state index is 0.0273. The number of carbonyl (C=O) groups is 1. The van der Waals surface area contributed by atoms with Crippen LogP contribution in [0.15, 0.2) is 17.1 Å². The molecule has 25 heavy (non-hydrogen) atoms. The standard InChI is InChI=1S/C18H20FN3O3/c19-13-6-11-16(15(21)14(13)8-1-2-9(20)5-8)22(10-3-4-10)7-12(17(11)23)18(24)25/h6-10H,1-5,20-21H2,(H,24,25). The number of pyridine rings is 1. The Hall–Kier alpha value is -2.41. The minimum Gasteiger partial charge on any atom is -0.477 e. The lowest BCUT2D eigenvalue weighted by Gasteiger charge is -2.20. The van der Waals surface area contributed by atoms with Crippen molar-refractivity contribution in [2.24, 2.45) is 5.73 Å². The SMILES string of the molecule is Nc1c(C2CCC(N)C2)c(F)cc2c(=O)c(C(=O)O)cn(C3CC3)c12. The van der Waals surface area contributed by atoms with Gasteiger partial charge in [-0.2, -0.15) is 0 Å². The van der Waals surface area contributed by atoms with Crippen LogP contribution in [0.2, 0.25) is 0 Å². The molecule has 2 aliphatic carbocycles. The summed E-state index contributed by atoms with van der Waals surface area (Å²) in [5, 5.41) is 9.33. The first-order valence-electron chi connectivity index (χ1n) is 8.54. The average Bonchev–Trinajstić information content (AvgIpc) is 3.30. The summed E-state index contributed by atoms with van der Waals surface area (Å²) >= 11 is 0. The van der Waals surface area contributed by atoms with Crippen LogP contribution >= 0.6 is 0 Å². The maximum Gasteiger partial charge on any atom is 0.341 e. The molecule has 1 aromatic carbocycles. The molecule has 1 aromatic heterocycles. The Kier molecular flexibility index (Phi) is 3.57. The third-order valence-electron chi connectivity index (χ3n) is 5.40. The van der Waals surface area contributed by atoms with Crippen LogP contribution in [0, 0.1) is 5.82 Å². The Morgan fingerprint density at radius 1 is 1.28 bits per heavy atom. The van der Waals surface area contributed by atoms with E-state index in [0.717, 1.165) is 31.7 Å². The fourth-order valence-electron chi connectivity index (χ4n) is 4.02. The van der Waals surface area contributed by atoms with E-state index in [1.807, 2.05) is 0 Å². The highest BCUT2D eigenvalue weighted by Crippen LogP contribution is 2.43. The number of fused-ring (bicyclic) bond motifs is 1. The smallest absolute Gasteiger partial charge is 0.341 e. The van der Waals surface area contributed by atoms with E-state index in [1.165, 1.54) is 6.20 Å². The van der Waals surface area contributed by atoms with Crippen molar-refractivity contribution in [1.82, 2.24) is 4.57 Å². The summed E-state index contributed by atoms with van der Waals surface area (Å²) in [6, 6.07) is 1.28. The van der Waals surface area contributed by atoms with Gasteiger partial charge in [-0.15, -0.1) is 0 Å². The molecule has 0 aliphatic heterocycles. The number of hydrogen-bond donors (Lipinski definition) is 3. The molecule has 0 bridgehead atoms. The summed E-state index contributed by atoms with van der Waals surface area (Å²) in [6.45, 7) is 0. The van der Waals surface area contributed by atoms with Crippen molar-refractivity contribution in [2.45, 2.75) is 50.1 Å². The number of nitrogens with zero attached hydrogens (tertiary/aromatic N) is 1. The highest BCUT2D eigenvalue weighted by molar-refractivity contribution is 5.97. The van der Waals surface area contributed by atoms with Gasteiger partial charge in [0.25, 0.3) is 0 Å². The molecule has 2 unspecified atom stereocenters. The van der Waals surface area contributed by atoms with Crippen LogP contribution < -0.4 is 16.9 Å². The third-order valence-corrected chi connectivity index (χ3v) is 5.40. The summed E-state index contributed by atoms with van der Waals surface area (Å²) in [6.07, 6.45) is 5.36. The topological polar surface area (TPSA) is 111 Å². The van der Waals surface area contributed by atoms with Crippen LogP contribution in [0.25, 0.3) is 10.9 Å². The predicted molar refractivity (Wildman–Crippen MR) is 92.4 cm³/mol. The molecule has 2 atom stereocenters. The summed E-state index contributed by atoms with van der Waals surface area (Å²) in [5.41, 5.74) is 12.3. The van der Waals surface area contributed by atoms with E-state index in [9.17, 15) is 19.1 Å². The Balaban J connectivity index is 2.03. The molecule has 1 heterocycles. The quantitative estimate of drug-likeness (QED) is 0.739. The van der Waals surface area contributed by atoms with Crippen molar-refractivity contribution >= 4 is 22.6 Å². The second-order valence-electron chi connectivity index (χ2n) is 7.17. The molecule has 0 amide bonds. The maximum absolute atomic E-state index is 14.8. The van der Waals surface area contributed by atoms with Crippen molar-refractivity contribution in [3.8, 4) is 0 Å². The molecular formula is C18H20FN3O3. The first-order chi connectivity index (χ1) is 11.9. The summed E-state index contributed by atoms with van der Waals surface area (Å²) in [7, 11) is 0. The summed E-state index contributed by atoms with van der Waals surface area (Å²) in [5.74, 6) is -1.93. The molecule has 6 nitrogen and oxygen atoms in total. The van der Waals surface area contributed by atoms with Crippen LogP contribution in [-0.2, 0) is 0 Å². The molecule has 2 fully saturated rings. The highest BCUT2D eigenvalue weighted by atomic mass is 19.1. The minimum atomic E-state index is -1.31. The number of rotatable bonds is 3. The van der Waals surface area contributed by atoms with Crippen molar-refractivity contribution in [3.05, 3.63) is 39.4 Å². The molecule has 5 N–H and O–H groups in total. The number of aromatic carboxylic acids is 1. The van der Waals surface area contributed by atoms with E-state index in [0.29, 0.717) is 17.5 Å². The van der Waals surface area contributed by atoms with E-state index in [2.05, 4.69) is 0 Å². The van der Waals surface area contributed by atoms with Crippen molar-refractivity contribution in [1.29, 1.82) is 0 Å². The number of carboxylic acids is 1. The molecule has 4 rings (SSSR count). The van der Waals surface area contributed by atoms with Crippen LogP contribution in [0.4, 0.5) is 10.1 Å². The van der Waals surface area contributed by atoms with Crippen LogP contribution in [0.5, 0.6) is 0 Å². The molecule has 7 heteroatoms. The van der Waals surface area contributed by atoms with Gasteiger partial charge in [-0.05, 0) is 44.1 Å². The van der Waals surface area contributed by atoms with Gasteiger partial charge in [0.1, 0.15) is 11.4 Å². The van der Waals surface area contributed by atoms with Gasteiger partial charge in [-0.1, -0.05) is 0 Å². The van der Waals surface area contributed by atoms with Gasteiger partial charge < -0.3 is 21.1 Å². The largest absolute Gasteiger partial charge is 0.477 e. The predicted octanol–water partition coefficient (Wildman–Crippen LogP) is 2.35. The lowest BCUT2D eigenvalue weighted by Crippen LogP contribution is -2.21. The monoisotopic (exact) mass is 345 g/mol. The number of benzene rings is 1. The molecular weight excluding hydrogens is 325 g/mol. The number of nitrogen functional groups attached to an aromatic ring is 1. The number of nitrogens with two attached hydrogens (primary N) is 2. The number of halogens is 1. The second kappa shape index (κ2) is 5.56. The Labute approximate surface area is 143 Å². The maximum atomic E-state index is 14.8. The van der Waals surface area contributed by atoms with Crippen LogP contribution in [0.1, 0.15) is 60.0 Å². The Bertz CT molecular complexity index is 949. The number of aromatic nitrogens is 1. The average molecular weight is 345 g/mol. The third kappa shape index (κ3) is 2.50. The fourth-order valence-corrected chi connectivity index (χ4v) is 4.02. The first-order valence-corrected chi connectivity index (χ1v) is 8.54. The summed E-state index contributed by atoms with van der Waals surface area (Å²) < 4.78 is 16.5. The molecule has 2 saturated carbocycles. The molecule has 2 aliphatic rings. The lowest BCUT2D eigenvalue weighted by molar-refractivity contribution is 0.0695. The van der Waals surface area contributed by atoms with E-state index in [-0.39, 0.29) is 34.6 Å². The second-order valence-corrected chi connectivity index (χ2v) is 7.17. The number of anilines is 1. The molecule has 0 spiro atoms. The van der Waals surface area contributed by atoms with Gasteiger partial charge in [0.2, 0.25) is 5.43 Å². The number of hydrogen-bond acceptors (Lipinski definition) is 4. The van der Waals surface area contributed by atoms with Gasteiger partial charge in [0.05, 0.1) is 16.6 Å². The van der Waals surface area contributed by atoms with E-state index < -0.39 is 17.2 Å². The van der Waals surface area contributed by atoms with Crippen LogP contribution in [-0.4, -0.2) is 21.7 Å². The Morgan fingerprint density at radius 3 is 2.56 bits per heavy atom. The molecule has 0 saturated heterocycles. The summed E-state index contributed by atoms with van der Waals surface area (Å²) in [4.78, 5) is 23.9. The highest BCUT2D eigenvalue weighted by Gasteiger charge is 2.32. The van der Waals surface area contributed by atoms with Gasteiger partial charge in [0, 0.05) is 23.8 Å². The zero-order chi connectivity index (χ0) is 17.9. The molecule has 132 valence electrons. The zero-order valence-corrected chi connectivity index (χ0v) is 13.7. The van der Waals surface area contributed by atoms with E-state index in [4.69, 9.17) is 11.5 Å². The normalized spacial score (nSPS) is 23.3. The molecule has 0 radical (unpaired) electrons. The lowest BCUT2D eigenvalue weighted by atomic mass is 9.93. The van der Waals surface area contributed by atoms with E-state index in [1.54, 1.807) is 4.57 Å². The van der Waals surface area contributed by atoms with Gasteiger partial charge in [-0.25, -0.2) is 9.18 Å². The van der Waals surface area contributed by atoms with E-state index >= 15 is 0 Å². The first kappa shape index (κ1) is 16.1. The molecule has 2 aromatic rings. The van der Waals surface area contributed by atoms with Crippen molar-refractivity contribution in [2.75, 3.05) is 5.73 Å². The van der Waals surface area contributed by atoms with Gasteiger partial charge in [0.15, 0.2) is 0 Å². The fraction of sp³-hybridized carbons (Fsp3) is 0.444. The van der Waals surface area contributed by atoms with Crippen LogP contribution in [0.3, 0.4) is 0 Å². The Morgan fingerprint density at radius 2 is 2.00 bits per heavy atom. The van der Waals surface area contributed by atoms with Crippen molar-refractivity contribution in [3.63, 3.8) is 0 Å².